The average Bonchev–Trinajstić information content (AvgIpc) is 2.84. The van der Waals surface area contributed by atoms with Crippen LogP contribution in [0.2, 0.25) is 0 Å². The molecule has 1 aliphatic carbocycles. The number of aliphatic hydroxyl groups is 1. The molecule has 110 valence electrons. The zero-order chi connectivity index (χ0) is 14.6. The van der Waals surface area contributed by atoms with Crippen LogP contribution < -0.4 is 10.6 Å². The van der Waals surface area contributed by atoms with Crippen LogP contribution in [0, 0.1) is 5.82 Å². The molecule has 1 fully saturated rings. The Morgan fingerprint density at radius 2 is 2.15 bits per heavy atom. The Kier molecular flexibility index (Phi) is 4.88. The largest absolute Gasteiger partial charge is 0.388 e. The summed E-state index contributed by atoms with van der Waals surface area (Å²) in [6, 6.07) is 4.14. The number of thioether (sulfide) groups is 1. The van der Waals surface area contributed by atoms with Gasteiger partial charge >= 0.3 is 6.03 Å². The van der Waals surface area contributed by atoms with E-state index in [4.69, 9.17) is 0 Å². The third kappa shape index (κ3) is 3.86. The van der Waals surface area contributed by atoms with E-state index in [-0.39, 0.29) is 12.4 Å². The summed E-state index contributed by atoms with van der Waals surface area (Å²) in [5.74, 6) is -0.357. The summed E-state index contributed by atoms with van der Waals surface area (Å²) in [6.07, 6.45) is 5.19. The van der Waals surface area contributed by atoms with E-state index in [0.717, 1.165) is 12.8 Å². The van der Waals surface area contributed by atoms with Crippen molar-refractivity contribution in [3.8, 4) is 0 Å². The molecule has 6 heteroatoms. The molecule has 2 rings (SSSR count). The molecule has 0 aromatic heterocycles. The molecule has 1 aromatic rings. The van der Waals surface area contributed by atoms with Crippen LogP contribution in [0.25, 0.3) is 0 Å². The summed E-state index contributed by atoms with van der Waals surface area (Å²) in [5.41, 5.74) is -0.387. The summed E-state index contributed by atoms with van der Waals surface area (Å²) in [6.45, 7) is 0.226. The highest BCUT2D eigenvalue weighted by Gasteiger charge is 2.31. The Morgan fingerprint density at radius 3 is 2.75 bits per heavy atom. The predicted molar refractivity (Wildman–Crippen MR) is 78.6 cm³/mol. The predicted octanol–water partition coefficient (Wildman–Crippen LogP) is 2.97. The minimum absolute atomic E-state index is 0.226. The lowest BCUT2D eigenvalue weighted by atomic mass is 10.0. The van der Waals surface area contributed by atoms with Gasteiger partial charge in [-0.15, -0.1) is 11.8 Å². The highest BCUT2D eigenvalue weighted by atomic mass is 32.2. The van der Waals surface area contributed by atoms with Crippen LogP contribution in [0.4, 0.5) is 14.9 Å². The van der Waals surface area contributed by atoms with E-state index in [1.165, 1.54) is 17.8 Å². The summed E-state index contributed by atoms with van der Waals surface area (Å²) < 4.78 is 13.6. The number of benzene rings is 1. The molecular weight excluding hydrogens is 279 g/mol. The molecule has 0 aliphatic heterocycles. The first-order valence-corrected chi connectivity index (χ1v) is 7.86. The van der Waals surface area contributed by atoms with Gasteiger partial charge in [0, 0.05) is 17.1 Å². The number of hydrogen-bond acceptors (Lipinski definition) is 3. The highest BCUT2D eigenvalue weighted by Crippen LogP contribution is 2.28. The van der Waals surface area contributed by atoms with E-state index in [1.807, 2.05) is 0 Å². The lowest BCUT2D eigenvalue weighted by Crippen LogP contribution is -2.42. The van der Waals surface area contributed by atoms with Crippen molar-refractivity contribution in [1.82, 2.24) is 5.32 Å². The number of rotatable bonds is 4. The minimum atomic E-state index is -0.786. The van der Waals surface area contributed by atoms with Gasteiger partial charge in [0.05, 0.1) is 5.60 Å². The molecule has 2 amide bonds. The standard InChI is InChI=1S/C14H19FN2O2S/c1-20-12-5-4-10(8-11(12)15)17-13(18)16-9-14(19)6-2-3-7-14/h4-5,8,19H,2-3,6-7,9H2,1H3,(H2,16,17,18). The molecule has 0 bridgehead atoms. The molecule has 0 heterocycles. The number of carbonyl (C=O) groups is 1. The van der Waals surface area contributed by atoms with E-state index in [0.29, 0.717) is 23.4 Å². The number of nitrogens with one attached hydrogen (secondary N) is 2. The van der Waals surface area contributed by atoms with Crippen LogP contribution in [0.3, 0.4) is 0 Å². The quantitative estimate of drug-likeness (QED) is 0.749. The van der Waals surface area contributed by atoms with E-state index in [9.17, 15) is 14.3 Å². The third-order valence-corrected chi connectivity index (χ3v) is 4.29. The van der Waals surface area contributed by atoms with Crippen LogP contribution in [0.15, 0.2) is 23.1 Å². The van der Waals surface area contributed by atoms with Crippen molar-refractivity contribution in [3.05, 3.63) is 24.0 Å². The maximum absolute atomic E-state index is 13.6. The van der Waals surface area contributed by atoms with E-state index in [2.05, 4.69) is 10.6 Å². The lowest BCUT2D eigenvalue weighted by molar-refractivity contribution is 0.0506. The molecule has 4 nitrogen and oxygen atoms in total. The van der Waals surface area contributed by atoms with Crippen molar-refractivity contribution < 1.29 is 14.3 Å². The monoisotopic (exact) mass is 298 g/mol. The maximum atomic E-state index is 13.6. The topological polar surface area (TPSA) is 61.4 Å². The molecular formula is C14H19FN2O2S. The normalized spacial score (nSPS) is 16.9. The van der Waals surface area contributed by atoms with Gasteiger partial charge in [0.2, 0.25) is 0 Å². The average molecular weight is 298 g/mol. The fourth-order valence-corrected chi connectivity index (χ4v) is 2.83. The smallest absolute Gasteiger partial charge is 0.319 e. The molecule has 1 aromatic carbocycles. The zero-order valence-corrected chi connectivity index (χ0v) is 12.2. The first-order valence-electron chi connectivity index (χ1n) is 6.63. The van der Waals surface area contributed by atoms with Crippen molar-refractivity contribution in [2.75, 3.05) is 18.1 Å². The van der Waals surface area contributed by atoms with Gasteiger partial charge in [-0.3, -0.25) is 0 Å². The number of anilines is 1. The second-order valence-corrected chi connectivity index (χ2v) is 5.94. The summed E-state index contributed by atoms with van der Waals surface area (Å²) >= 11 is 1.31. The van der Waals surface area contributed by atoms with Gasteiger partial charge in [-0.2, -0.15) is 0 Å². The second-order valence-electron chi connectivity index (χ2n) is 5.09. The summed E-state index contributed by atoms with van der Waals surface area (Å²) in [5, 5.41) is 15.3. The van der Waals surface area contributed by atoms with Crippen molar-refractivity contribution in [1.29, 1.82) is 0 Å². The van der Waals surface area contributed by atoms with Gasteiger partial charge in [-0.05, 0) is 37.3 Å². The first-order chi connectivity index (χ1) is 9.52. The Hall–Kier alpha value is -1.27. The fraction of sp³-hybridized carbons (Fsp3) is 0.500. The number of halogens is 1. The van der Waals surface area contributed by atoms with Crippen molar-refractivity contribution >= 4 is 23.5 Å². The molecule has 0 radical (unpaired) electrons. The lowest BCUT2D eigenvalue weighted by Gasteiger charge is -2.22. The summed E-state index contributed by atoms with van der Waals surface area (Å²) in [7, 11) is 0. The number of carbonyl (C=O) groups excluding carboxylic acids is 1. The zero-order valence-electron chi connectivity index (χ0n) is 11.4. The first kappa shape index (κ1) is 15.1. The molecule has 0 saturated heterocycles. The minimum Gasteiger partial charge on any atom is -0.388 e. The van der Waals surface area contributed by atoms with Crippen LogP contribution in [-0.4, -0.2) is 29.5 Å². The van der Waals surface area contributed by atoms with Crippen LogP contribution in [-0.2, 0) is 0 Å². The van der Waals surface area contributed by atoms with Crippen molar-refractivity contribution in [3.63, 3.8) is 0 Å². The van der Waals surface area contributed by atoms with E-state index in [1.54, 1.807) is 18.4 Å². The highest BCUT2D eigenvalue weighted by molar-refractivity contribution is 7.98. The summed E-state index contributed by atoms with van der Waals surface area (Å²) in [4.78, 5) is 12.3. The van der Waals surface area contributed by atoms with Crippen molar-refractivity contribution in [2.24, 2.45) is 0 Å². The Bertz CT molecular complexity index is 490. The number of hydrogen-bond donors (Lipinski definition) is 3. The van der Waals surface area contributed by atoms with Gasteiger partial charge < -0.3 is 15.7 Å². The van der Waals surface area contributed by atoms with Crippen LogP contribution in [0.5, 0.6) is 0 Å². The SMILES string of the molecule is CSc1ccc(NC(=O)NCC2(O)CCCC2)cc1F. The molecule has 3 N–H and O–H groups in total. The maximum Gasteiger partial charge on any atom is 0.319 e. The Balaban J connectivity index is 1.86. The molecule has 1 aliphatic rings. The van der Waals surface area contributed by atoms with Crippen LogP contribution in [0.1, 0.15) is 25.7 Å². The molecule has 0 unspecified atom stereocenters. The molecule has 1 saturated carbocycles. The van der Waals surface area contributed by atoms with Gasteiger partial charge in [0.15, 0.2) is 0 Å². The van der Waals surface area contributed by atoms with E-state index < -0.39 is 11.6 Å². The Labute approximate surface area is 122 Å². The fourth-order valence-electron chi connectivity index (χ4n) is 2.37. The van der Waals surface area contributed by atoms with E-state index >= 15 is 0 Å². The number of urea groups is 1. The molecule has 0 atom stereocenters. The second kappa shape index (κ2) is 6.45. The molecule has 0 spiro atoms. The van der Waals surface area contributed by atoms with Gasteiger partial charge in [-0.25, -0.2) is 9.18 Å². The van der Waals surface area contributed by atoms with Crippen molar-refractivity contribution in [2.45, 2.75) is 36.2 Å². The van der Waals surface area contributed by atoms with Gasteiger partial charge in [0.1, 0.15) is 5.82 Å². The Morgan fingerprint density at radius 1 is 1.45 bits per heavy atom. The third-order valence-electron chi connectivity index (χ3n) is 3.52. The van der Waals surface area contributed by atoms with Gasteiger partial charge in [0.25, 0.3) is 0 Å². The molecule has 20 heavy (non-hydrogen) atoms. The van der Waals surface area contributed by atoms with Crippen LogP contribution >= 0.6 is 11.8 Å². The number of amides is 2. The van der Waals surface area contributed by atoms with Gasteiger partial charge in [-0.1, -0.05) is 12.8 Å².